The summed E-state index contributed by atoms with van der Waals surface area (Å²) in [6.07, 6.45) is 3.26. The summed E-state index contributed by atoms with van der Waals surface area (Å²) in [5.74, 6) is -3.29. The number of carbonyl (C=O) groups excluding carboxylic acids is 2. The molecule has 3 saturated carbocycles. The zero-order chi connectivity index (χ0) is 23.5. The Balaban J connectivity index is 1.64. The Labute approximate surface area is 191 Å². The summed E-state index contributed by atoms with van der Waals surface area (Å²) in [7, 11) is 0. The number of rotatable bonds is 2. The van der Waals surface area contributed by atoms with E-state index < -0.39 is 63.3 Å². The van der Waals surface area contributed by atoms with Crippen LogP contribution >= 0.6 is 11.6 Å². The van der Waals surface area contributed by atoms with Crippen molar-refractivity contribution in [2.24, 2.45) is 22.7 Å². The number of allylic oxidation sites excluding steroid dienone is 4. The molecule has 5 aliphatic rings. The number of aliphatic hydroxyl groups is 1. The van der Waals surface area contributed by atoms with Crippen molar-refractivity contribution in [2.45, 2.75) is 88.3 Å². The Hall–Kier alpha value is -1.15. The first-order chi connectivity index (χ1) is 14.7. The number of alkyl halides is 3. The van der Waals surface area contributed by atoms with E-state index in [9.17, 15) is 19.1 Å². The Morgan fingerprint density at radius 1 is 1.28 bits per heavy atom. The number of hydrogen-bond donors (Lipinski definition) is 1. The van der Waals surface area contributed by atoms with Gasteiger partial charge >= 0.3 is 0 Å². The van der Waals surface area contributed by atoms with Gasteiger partial charge in [0.05, 0.1) is 12.2 Å². The lowest BCUT2D eigenvalue weighted by Gasteiger charge is -2.62. The van der Waals surface area contributed by atoms with E-state index in [1.807, 2.05) is 0 Å². The summed E-state index contributed by atoms with van der Waals surface area (Å²) < 4.78 is 43.7. The summed E-state index contributed by atoms with van der Waals surface area (Å²) in [4.78, 5) is 25.2. The molecule has 1 N–H and O–H groups in total. The van der Waals surface area contributed by atoms with Gasteiger partial charge in [-0.05, 0) is 64.5 Å². The van der Waals surface area contributed by atoms with Gasteiger partial charge in [-0.2, -0.15) is 0 Å². The minimum absolute atomic E-state index is 0.111. The van der Waals surface area contributed by atoms with Crippen LogP contribution < -0.4 is 0 Å². The first-order valence-corrected chi connectivity index (χ1v) is 11.7. The Bertz CT molecular complexity index is 962. The summed E-state index contributed by atoms with van der Waals surface area (Å²) in [6.45, 7) is 6.81. The van der Waals surface area contributed by atoms with Crippen LogP contribution in [0.3, 0.4) is 0 Å². The third-order valence-corrected chi connectivity index (χ3v) is 9.40. The second-order valence-electron chi connectivity index (χ2n) is 11.0. The van der Waals surface area contributed by atoms with Crippen molar-refractivity contribution in [3.8, 4) is 0 Å². The molecule has 1 saturated heterocycles. The molecule has 9 atom stereocenters. The van der Waals surface area contributed by atoms with Gasteiger partial charge in [-0.15, -0.1) is 0 Å². The van der Waals surface area contributed by atoms with Gasteiger partial charge in [-0.3, -0.25) is 9.59 Å². The maximum absolute atomic E-state index is 17.2. The van der Waals surface area contributed by atoms with Crippen LogP contribution in [0, 0.1) is 22.7 Å². The fraction of sp³-hybridized carbons (Fsp3) is 0.750. The number of aliphatic hydroxyl groups excluding tert-OH is 1. The zero-order valence-electron chi connectivity index (χ0n) is 18.7. The van der Waals surface area contributed by atoms with Crippen LogP contribution in [0.2, 0.25) is 0 Å². The highest BCUT2D eigenvalue weighted by Crippen LogP contribution is 2.72. The van der Waals surface area contributed by atoms with E-state index in [-0.39, 0.29) is 12.2 Å². The Kier molecular flexibility index (Phi) is 4.59. The van der Waals surface area contributed by atoms with Gasteiger partial charge in [0.2, 0.25) is 11.4 Å². The summed E-state index contributed by atoms with van der Waals surface area (Å²) in [5, 5.41) is 11.4. The molecule has 1 aliphatic heterocycles. The molecule has 0 radical (unpaired) electrons. The van der Waals surface area contributed by atoms with E-state index >= 15 is 4.39 Å². The van der Waals surface area contributed by atoms with Crippen LogP contribution in [-0.2, 0) is 19.1 Å². The van der Waals surface area contributed by atoms with Gasteiger partial charge < -0.3 is 14.6 Å². The van der Waals surface area contributed by atoms with Gasteiger partial charge in [0.25, 0.3) is 0 Å². The smallest absolute Gasteiger partial charge is 0.234 e. The molecule has 176 valence electrons. The highest BCUT2D eigenvalue weighted by atomic mass is 35.5. The third-order valence-electron chi connectivity index (χ3n) is 9.20. The van der Waals surface area contributed by atoms with Crippen LogP contribution in [0.5, 0.6) is 0 Å². The van der Waals surface area contributed by atoms with Crippen molar-refractivity contribution in [2.75, 3.05) is 0 Å². The predicted molar refractivity (Wildman–Crippen MR) is 112 cm³/mol. The number of ketones is 2. The quantitative estimate of drug-likeness (QED) is 0.618. The van der Waals surface area contributed by atoms with Gasteiger partial charge in [0.1, 0.15) is 0 Å². The molecule has 0 aromatic heterocycles. The maximum Gasteiger partial charge on any atom is 0.234 e. The third kappa shape index (κ3) is 2.44. The lowest BCUT2D eigenvalue weighted by molar-refractivity contribution is -0.246. The van der Waals surface area contributed by atoms with Crippen LogP contribution in [0.4, 0.5) is 8.78 Å². The molecule has 4 aliphatic carbocycles. The first-order valence-electron chi connectivity index (χ1n) is 11.2. The molecular weight excluding hydrogens is 442 g/mol. The minimum Gasteiger partial charge on any atom is -0.390 e. The number of fused-ring (bicyclic) bond motifs is 7. The lowest BCUT2D eigenvalue weighted by Crippen LogP contribution is -2.70. The molecule has 0 spiro atoms. The van der Waals surface area contributed by atoms with Gasteiger partial charge in [0.15, 0.2) is 22.8 Å². The van der Waals surface area contributed by atoms with Crippen molar-refractivity contribution in [1.29, 1.82) is 0 Å². The number of hydrogen-bond acceptors (Lipinski definition) is 5. The highest BCUT2D eigenvalue weighted by Gasteiger charge is 2.80. The van der Waals surface area contributed by atoms with Crippen molar-refractivity contribution < 1.29 is 33.0 Å². The molecule has 5 rings (SSSR count). The second kappa shape index (κ2) is 6.49. The second-order valence-corrected chi connectivity index (χ2v) is 11.4. The van der Waals surface area contributed by atoms with E-state index in [1.54, 1.807) is 33.8 Å². The molecule has 32 heavy (non-hydrogen) atoms. The van der Waals surface area contributed by atoms with Gasteiger partial charge in [0, 0.05) is 16.7 Å². The fourth-order valence-electron chi connectivity index (χ4n) is 7.91. The molecule has 0 aromatic rings. The number of Topliss-reactive ketones (excluding diaryl/α,β-unsaturated/α-hetero) is 1. The van der Waals surface area contributed by atoms with Crippen LogP contribution in [0.15, 0.2) is 23.8 Å². The molecule has 4 fully saturated rings. The fourth-order valence-corrected chi connectivity index (χ4v) is 8.07. The van der Waals surface area contributed by atoms with Crippen LogP contribution in [0.1, 0.15) is 53.4 Å². The zero-order valence-corrected chi connectivity index (χ0v) is 19.4. The number of ether oxygens (including phenoxy) is 2. The van der Waals surface area contributed by atoms with Crippen molar-refractivity contribution in [3.05, 3.63) is 23.8 Å². The van der Waals surface area contributed by atoms with E-state index in [1.165, 1.54) is 12.2 Å². The SMILES string of the molecule is CC1(C)O[C@@H]2C[C@H]3[C@@H]4CCC5=CC(=O)C=C[C@]5(C)[C@@]4(F)[C@@H](O)C[C@]3(C)[C@]2(C(=O)C(F)Cl)O1. The monoisotopic (exact) mass is 470 g/mol. The molecule has 8 heteroatoms. The summed E-state index contributed by atoms with van der Waals surface area (Å²) in [6, 6.07) is 0. The van der Waals surface area contributed by atoms with Crippen molar-refractivity contribution in [3.63, 3.8) is 0 Å². The highest BCUT2D eigenvalue weighted by molar-refractivity contribution is 6.31. The average Bonchev–Trinajstić information content (AvgIpc) is 3.09. The Morgan fingerprint density at radius 2 is 1.97 bits per heavy atom. The molecular formula is C24H29ClF2O5. The van der Waals surface area contributed by atoms with Crippen molar-refractivity contribution in [1.82, 2.24) is 0 Å². The standard InChI is InChI=1S/C24H29ClF2O5/c1-20(2)31-17-10-15-14-6-5-12-9-13(28)7-8-21(12,3)23(14,27)16(29)11-22(15,4)24(17,32-20)18(30)19(25)26/h7-9,14-17,19,29H,5-6,10-11H2,1-4H3/t14-,15-,16-,17+,19?,21-,22-,23-,24-/m0/s1. The number of carbonyl (C=O) groups is 2. The molecule has 1 unspecified atom stereocenters. The molecule has 0 amide bonds. The van der Waals surface area contributed by atoms with E-state index in [0.717, 1.165) is 0 Å². The van der Waals surface area contributed by atoms with Gasteiger partial charge in [-0.1, -0.05) is 30.2 Å². The van der Waals surface area contributed by atoms with Gasteiger partial charge in [-0.25, -0.2) is 8.78 Å². The predicted octanol–water partition coefficient (Wildman–Crippen LogP) is 3.96. The van der Waals surface area contributed by atoms with E-state index in [4.69, 9.17) is 21.1 Å². The molecule has 0 bridgehead atoms. The Morgan fingerprint density at radius 3 is 2.62 bits per heavy atom. The molecule has 1 heterocycles. The molecule has 0 aromatic carbocycles. The average molecular weight is 471 g/mol. The van der Waals surface area contributed by atoms with Crippen LogP contribution in [0.25, 0.3) is 0 Å². The summed E-state index contributed by atoms with van der Waals surface area (Å²) in [5.41, 5.74) is -7.60. The van der Waals surface area contributed by atoms with Crippen LogP contribution in [-0.4, -0.2) is 51.6 Å². The maximum atomic E-state index is 17.2. The van der Waals surface area contributed by atoms with E-state index in [2.05, 4.69) is 0 Å². The normalized spacial score (nSPS) is 51.9. The largest absolute Gasteiger partial charge is 0.390 e. The van der Waals surface area contributed by atoms with Crippen molar-refractivity contribution >= 4 is 23.2 Å². The summed E-state index contributed by atoms with van der Waals surface area (Å²) >= 11 is 5.65. The lowest BCUT2D eigenvalue weighted by atomic mass is 9.44. The van der Waals surface area contributed by atoms with E-state index in [0.29, 0.717) is 24.8 Å². The molecule has 5 nitrogen and oxygen atoms in total. The first kappa shape index (κ1) is 22.6. The minimum atomic E-state index is -2.30. The topological polar surface area (TPSA) is 72.8 Å². The number of halogens is 3.